The molecule has 0 saturated carbocycles. The molecule has 2 nitrogen and oxygen atoms in total. The summed E-state index contributed by atoms with van der Waals surface area (Å²) in [5.41, 5.74) is 1.18. The van der Waals surface area contributed by atoms with Gasteiger partial charge in [0.25, 0.3) is 0 Å². The number of rotatable bonds is 2. The van der Waals surface area contributed by atoms with E-state index in [0.717, 1.165) is 6.42 Å². The lowest BCUT2D eigenvalue weighted by molar-refractivity contribution is 1.09. The van der Waals surface area contributed by atoms with Gasteiger partial charge in [-0.3, -0.25) is 5.10 Å². The molecule has 0 fully saturated rings. The van der Waals surface area contributed by atoms with Gasteiger partial charge in [0.15, 0.2) is 0 Å². The van der Waals surface area contributed by atoms with Crippen molar-refractivity contribution < 1.29 is 0 Å². The lowest BCUT2D eigenvalue weighted by Gasteiger charge is -1.79. The van der Waals surface area contributed by atoms with Crippen LogP contribution in [-0.2, 0) is 6.42 Å². The Morgan fingerprint density at radius 2 is 2.75 bits per heavy atom. The number of hydrogen-bond acceptors (Lipinski definition) is 1. The van der Waals surface area contributed by atoms with Gasteiger partial charge < -0.3 is 0 Å². The van der Waals surface area contributed by atoms with E-state index in [-0.39, 0.29) is 0 Å². The van der Waals surface area contributed by atoms with Crippen molar-refractivity contribution in [2.45, 2.75) is 6.42 Å². The molecule has 1 N–H and O–H groups in total. The van der Waals surface area contributed by atoms with Gasteiger partial charge in [-0.2, -0.15) is 5.10 Å². The third-order valence-corrected chi connectivity index (χ3v) is 0.935. The molecule has 0 aliphatic carbocycles. The standard InChI is InChI=1S/C6H8N2/c1-2-3-6-4-7-8-5-6/h2,4-5H,1,3H2,(H,7,8). The minimum Gasteiger partial charge on any atom is -0.285 e. The summed E-state index contributed by atoms with van der Waals surface area (Å²) < 4.78 is 0. The summed E-state index contributed by atoms with van der Waals surface area (Å²) in [7, 11) is 0. The zero-order valence-corrected chi connectivity index (χ0v) is 4.59. The van der Waals surface area contributed by atoms with Crippen molar-refractivity contribution in [3.8, 4) is 0 Å². The fraction of sp³-hybridized carbons (Fsp3) is 0.167. The highest BCUT2D eigenvalue weighted by Gasteiger charge is 1.84. The first-order chi connectivity index (χ1) is 3.93. The van der Waals surface area contributed by atoms with Gasteiger partial charge in [-0.05, 0) is 12.0 Å². The smallest absolute Gasteiger partial charge is 0.0522 e. The van der Waals surface area contributed by atoms with Crippen LogP contribution < -0.4 is 0 Å². The molecule has 0 unspecified atom stereocenters. The molecule has 0 amide bonds. The maximum atomic E-state index is 3.77. The SMILES string of the molecule is C=CCc1cn[nH]c1. The van der Waals surface area contributed by atoms with Gasteiger partial charge in [0.1, 0.15) is 0 Å². The molecular weight excluding hydrogens is 100 g/mol. The Labute approximate surface area is 48.2 Å². The molecule has 0 spiro atoms. The second-order valence-corrected chi connectivity index (χ2v) is 1.60. The van der Waals surface area contributed by atoms with Gasteiger partial charge in [-0.15, -0.1) is 6.58 Å². The summed E-state index contributed by atoms with van der Waals surface area (Å²) in [6.45, 7) is 3.59. The summed E-state index contributed by atoms with van der Waals surface area (Å²) >= 11 is 0. The Balaban J connectivity index is 2.62. The molecule has 42 valence electrons. The van der Waals surface area contributed by atoms with Crippen molar-refractivity contribution in [1.82, 2.24) is 10.2 Å². The molecule has 1 aromatic heterocycles. The number of aromatic amines is 1. The Bertz CT molecular complexity index is 153. The number of allylic oxidation sites excluding steroid dienone is 1. The van der Waals surface area contributed by atoms with E-state index in [1.54, 1.807) is 6.20 Å². The van der Waals surface area contributed by atoms with E-state index in [2.05, 4.69) is 16.8 Å². The monoisotopic (exact) mass is 108 g/mol. The predicted molar refractivity (Wildman–Crippen MR) is 32.5 cm³/mol. The minimum atomic E-state index is 0.899. The van der Waals surface area contributed by atoms with Crippen LogP contribution in [0.2, 0.25) is 0 Å². The lowest BCUT2D eigenvalue weighted by atomic mass is 10.3. The Hall–Kier alpha value is -1.05. The Morgan fingerprint density at radius 3 is 3.25 bits per heavy atom. The first-order valence-corrected chi connectivity index (χ1v) is 2.52. The van der Waals surface area contributed by atoms with Crippen LogP contribution >= 0.6 is 0 Å². The molecule has 1 rings (SSSR count). The van der Waals surface area contributed by atoms with Gasteiger partial charge in [0.05, 0.1) is 6.20 Å². The van der Waals surface area contributed by atoms with E-state index in [0.29, 0.717) is 0 Å². The second kappa shape index (κ2) is 2.31. The van der Waals surface area contributed by atoms with Gasteiger partial charge in [0.2, 0.25) is 0 Å². The van der Waals surface area contributed by atoms with Gasteiger partial charge >= 0.3 is 0 Å². The van der Waals surface area contributed by atoms with Crippen LogP contribution in [0.5, 0.6) is 0 Å². The van der Waals surface area contributed by atoms with Crippen molar-refractivity contribution in [1.29, 1.82) is 0 Å². The van der Waals surface area contributed by atoms with E-state index in [9.17, 15) is 0 Å². The van der Waals surface area contributed by atoms with Crippen LogP contribution in [0.25, 0.3) is 0 Å². The molecule has 0 radical (unpaired) electrons. The fourth-order valence-corrected chi connectivity index (χ4v) is 0.556. The van der Waals surface area contributed by atoms with Crippen molar-refractivity contribution in [2.24, 2.45) is 0 Å². The van der Waals surface area contributed by atoms with Crippen LogP contribution in [0.4, 0.5) is 0 Å². The summed E-state index contributed by atoms with van der Waals surface area (Å²) in [6.07, 6.45) is 6.41. The summed E-state index contributed by atoms with van der Waals surface area (Å²) in [6, 6.07) is 0. The first kappa shape index (κ1) is 5.09. The summed E-state index contributed by atoms with van der Waals surface area (Å²) in [5.74, 6) is 0. The Kier molecular flexibility index (Phi) is 1.47. The molecule has 0 saturated heterocycles. The topological polar surface area (TPSA) is 28.7 Å². The van der Waals surface area contributed by atoms with E-state index in [1.807, 2.05) is 12.3 Å². The van der Waals surface area contributed by atoms with E-state index < -0.39 is 0 Å². The number of H-pyrrole nitrogens is 1. The zero-order valence-electron chi connectivity index (χ0n) is 4.59. The maximum absolute atomic E-state index is 3.77. The second-order valence-electron chi connectivity index (χ2n) is 1.60. The average molecular weight is 108 g/mol. The summed E-state index contributed by atoms with van der Waals surface area (Å²) in [5, 5.41) is 6.48. The average Bonchev–Trinajstić information content (AvgIpc) is 2.19. The van der Waals surface area contributed by atoms with Gasteiger partial charge in [-0.25, -0.2) is 0 Å². The molecule has 1 heterocycles. The Morgan fingerprint density at radius 1 is 1.88 bits per heavy atom. The van der Waals surface area contributed by atoms with Crippen LogP contribution in [0.1, 0.15) is 5.56 Å². The highest BCUT2D eigenvalue weighted by Crippen LogP contribution is 1.93. The fourth-order valence-electron chi connectivity index (χ4n) is 0.556. The molecule has 0 bridgehead atoms. The van der Waals surface area contributed by atoms with E-state index in [4.69, 9.17) is 0 Å². The molecule has 0 aromatic carbocycles. The minimum absolute atomic E-state index is 0.899. The van der Waals surface area contributed by atoms with Crippen molar-refractivity contribution in [2.75, 3.05) is 0 Å². The molecule has 0 aliphatic heterocycles. The third kappa shape index (κ3) is 0.964. The first-order valence-electron chi connectivity index (χ1n) is 2.52. The van der Waals surface area contributed by atoms with Crippen LogP contribution in [0.15, 0.2) is 25.0 Å². The number of nitrogens with one attached hydrogen (secondary N) is 1. The quantitative estimate of drug-likeness (QED) is 0.565. The molecule has 2 heteroatoms. The maximum Gasteiger partial charge on any atom is 0.0522 e. The predicted octanol–water partition coefficient (Wildman–Crippen LogP) is 1.14. The molecule has 1 aromatic rings. The molecular formula is C6H8N2. The highest BCUT2D eigenvalue weighted by atomic mass is 15.1. The molecule has 0 aliphatic rings. The van der Waals surface area contributed by atoms with Crippen molar-refractivity contribution >= 4 is 0 Å². The lowest BCUT2D eigenvalue weighted by Crippen LogP contribution is -1.70. The van der Waals surface area contributed by atoms with Crippen LogP contribution in [-0.4, -0.2) is 10.2 Å². The van der Waals surface area contributed by atoms with Crippen LogP contribution in [0, 0.1) is 0 Å². The van der Waals surface area contributed by atoms with Gasteiger partial charge in [-0.1, -0.05) is 6.08 Å². The molecule has 8 heavy (non-hydrogen) atoms. The summed E-state index contributed by atoms with van der Waals surface area (Å²) in [4.78, 5) is 0. The van der Waals surface area contributed by atoms with Crippen LogP contribution in [0.3, 0.4) is 0 Å². The van der Waals surface area contributed by atoms with Crippen molar-refractivity contribution in [3.63, 3.8) is 0 Å². The number of aromatic nitrogens is 2. The zero-order chi connectivity index (χ0) is 5.82. The number of nitrogens with zero attached hydrogens (tertiary/aromatic N) is 1. The normalized spacial score (nSPS) is 9.00. The third-order valence-electron chi connectivity index (χ3n) is 0.935. The van der Waals surface area contributed by atoms with E-state index in [1.165, 1.54) is 5.56 Å². The largest absolute Gasteiger partial charge is 0.285 e. The highest BCUT2D eigenvalue weighted by molar-refractivity contribution is 5.06. The molecule has 0 atom stereocenters. The van der Waals surface area contributed by atoms with Crippen molar-refractivity contribution in [3.05, 3.63) is 30.6 Å². The number of hydrogen-bond donors (Lipinski definition) is 1. The van der Waals surface area contributed by atoms with E-state index >= 15 is 0 Å². The van der Waals surface area contributed by atoms with Gasteiger partial charge in [0, 0.05) is 6.20 Å².